The number of aldehydes is 1. The minimum atomic E-state index is 0.355. The lowest BCUT2D eigenvalue weighted by atomic mass is 9.99. The van der Waals surface area contributed by atoms with Crippen LogP contribution >= 0.6 is 0 Å². The molecule has 1 atom stereocenters. The molecule has 0 aliphatic carbocycles. The predicted molar refractivity (Wildman–Crippen MR) is 45.5 cm³/mol. The molecule has 0 unspecified atom stereocenters. The standard InChI is InChI=1S/C10H12O/c1-9(7-8-11)10-5-3-2-4-6-10/h2-6,8-9H,7H2,1H3/t9-/m0/s1. The largest absolute Gasteiger partial charge is 0.303 e. The summed E-state index contributed by atoms with van der Waals surface area (Å²) >= 11 is 0. The summed E-state index contributed by atoms with van der Waals surface area (Å²) in [5.74, 6) is 0.355. The van der Waals surface area contributed by atoms with Crippen molar-refractivity contribution in [3.8, 4) is 0 Å². The summed E-state index contributed by atoms with van der Waals surface area (Å²) in [5.41, 5.74) is 1.24. The molecule has 1 aromatic rings. The van der Waals surface area contributed by atoms with Crippen molar-refractivity contribution in [2.75, 3.05) is 0 Å². The maximum atomic E-state index is 10.2. The molecule has 1 rings (SSSR count). The molecule has 0 fully saturated rings. The van der Waals surface area contributed by atoms with E-state index in [1.165, 1.54) is 5.56 Å². The van der Waals surface area contributed by atoms with Crippen molar-refractivity contribution in [2.24, 2.45) is 0 Å². The molecular formula is C10H12O. The van der Waals surface area contributed by atoms with Crippen LogP contribution in [0.4, 0.5) is 0 Å². The lowest BCUT2D eigenvalue weighted by Crippen LogP contribution is -1.92. The highest BCUT2D eigenvalue weighted by Gasteiger charge is 2.01. The summed E-state index contributed by atoms with van der Waals surface area (Å²) in [4.78, 5) is 10.2. The van der Waals surface area contributed by atoms with Crippen molar-refractivity contribution in [3.63, 3.8) is 0 Å². The minimum Gasteiger partial charge on any atom is -0.303 e. The van der Waals surface area contributed by atoms with Gasteiger partial charge in [-0.25, -0.2) is 0 Å². The molecule has 0 spiro atoms. The molecule has 0 N–H and O–H groups in total. The topological polar surface area (TPSA) is 17.1 Å². The Kier molecular flexibility index (Phi) is 2.84. The van der Waals surface area contributed by atoms with Gasteiger partial charge in [-0.2, -0.15) is 0 Å². The first-order valence-electron chi connectivity index (χ1n) is 3.83. The van der Waals surface area contributed by atoms with E-state index >= 15 is 0 Å². The van der Waals surface area contributed by atoms with Crippen LogP contribution in [0.15, 0.2) is 30.3 Å². The second kappa shape index (κ2) is 3.91. The third kappa shape index (κ3) is 2.19. The van der Waals surface area contributed by atoms with Crippen LogP contribution in [0.3, 0.4) is 0 Å². The molecule has 0 saturated heterocycles. The van der Waals surface area contributed by atoms with Gasteiger partial charge in [0.05, 0.1) is 0 Å². The Balaban J connectivity index is 2.68. The van der Waals surface area contributed by atoms with Crippen molar-refractivity contribution in [1.29, 1.82) is 0 Å². The Morgan fingerprint density at radius 1 is 1.36 bits per heavy atom. The summed E-state index contributed by atoms with van der Waals surface area (Å²) < 4.78 is 0. The molecule has 0 amide bonds. The fourth-order valence-electron chi connectivity index (χ4n) is 1.06. The van der Waals surface area contributed by atoms with Gasteiger partial charge in [0.25, 0.3) is 0 Å². The van der Waals surface area contributed by atoms with Crippen LogP contribution < -0.4 is 0 Å². The molecule has 11 heavy (non-hydrogen) atoms. The van der Waals surface area contributed by atoms with Gasteiger partial charge in [0, 0.05) is 6.42 Å². The van der Waals surface area contributed by atoms with Gasteiger partial charge >= 0.3 is 0 Å². The Hall–Kier alpha value is -1.11. The third-order valence-electron chi connectivity index (χ3n) is 1.82. The highest BCUT2D eigenvalue weighted by atomic mass is 16.1. The van der Waals surface area contributed by atoms with E-state index in [9.17, 15) is 4.79 Å². The lowest BCUT2D eigenvalue weighted by Gasteiger charge is -2.06. The molecular weight excluding hydrogens is 136 g/mol. The molecule has 0 radical (unpaired) electrons. The van der Waals surface area contributed by atoms with Gasteiger partial charge in [0.15, 0.2) is 0 Å². The minimum absolute atomic E-state index is 0.355. The zero-order chi connectivity index (χ0) is 8.10. The number of carbonyl (C=O) groups excluding carboxylic acids is 1. The number of rotatable bonds is 3. The Bertz CT molecular complexity index is 216. The highest BCUT2D eigenvalue weighted by molar-refractivity contribution is 5.51. The third-order valence-corrected chi connectivity index (χ3v) is 1.82. The Morgan fingerprint density at radius 2 is 2.00 bits per heavy atom. The summed E-state index contributed by atoms with van der Waals surface area (Å²) in [7, 11) is 0. The van der Waals surface area contributed by atoms with Crippen molar-refractivity contribution < 1.29 is 4.79 Å². The quantitative estimate of drug-likeness (QED) is 0.601. The van der Waals surface area contributed by atoms with Crippen LogP contribution in [0, 0.1) is 0 Å². The number of hydrogen-bond acceptors (Lipinski definition) is 1. The molecule has 0 aromatic heterocycles. The van der Waals surface area contributed by atoms with Gasteiger partial charge in [0.1, 0.15) is 6.29 Å². The second-order valence-corrected chi connectivity index (χ2v) is 2.71. The number of benzene rings is 1. The average Bonchev–Trinajstić information content (AvgIpc) is 2.07. The average molecular weight is 148 g/mol. The van der Waals surface area contributed by atoms with Gasteiger partial charge in [-0.1, -0.05) is 37.3 Å². The van der Waals surface area contributed by atoms with E-state index in [2.05, 4.69) is 6.92 Å². The van der Waals surface area contributed by atoms with E-state index < -0.39 is 0 Å². The van der Waals surface area contributed by atoms with E-state index in [0.717, 1.165) is 6.29 Å². The van der Waals surface area contributed by atoms with Crippen LogP contribution in [0.5, 0.6) is 0 Å². The molecule has 0 aliphatic rings. The fourth-order valence-corrected chi connectivity index (χ4v) is 1.06. The molecule has 1 nitrogen and oxygen atoms in total. The molecule has 0 heterocycles. The normalized spacial score (nSPS) is 12.5. The Labute approximate surface area is 67.1 Å². The maximum Gasteiger partial charge on any atom is 0.120 e. The molecule has 1 aromatic carbocycles. The monoisotopic (exact) mass is 148 g/mol. The first-order chi connectivity index (χ1) is 5.34. The van der Waals surface area contributed by atoms with E-state index in [0.29, 0.717) is 12.3 Å². The Morgan fingerprint density at radius 3 is 2.55 bits per heavy atom. The molecule has 0 saturated carbocycles. The van der Waals surface area contributed by atoms with E-state index in [1.807, 2.05) is 30.3 Å². The van der Waals surface area contributed by atoms with Crippen LogP contribution in [-0.4, -0.2) is 6.29 Å². The van der Waals surface area contributed by atoms with Crippen LogP contribution in [0.2, 0.25) is 0 Å². The van der Waals surface area contributed by atoms with Crippen molar-refractivity contribution in [2.45, 2.75) is 19.3 Å². The number of hydrogen-bond donors (Lipinski definition) is 0. The van der Waals surface area contributed by atoms with Gasteiger partial charge in [0.2, 0.25) is 0 Å². The molecule has 1 heteroatoms. The first-order valence-corrected chi connectivity index (χ1v) is 3.83. The lowest BCUT2D eigenvalue weighted by molar-refractivity contribution is -0.108. The summed E-state index contributed by atoms with van der Waals surface area (Å²) in [6.07, 6.45) is 1.58. The van der Waals surface area contributed by atoms with Crippen molar-refractivity contribution >= 4 is 6.29 Å². The zero-order valence-corrected chi connectivity index (χ0v) is 6.66. The summed E-state index contributed by atoms with van der Waals surface area (Å²) in [6.45, 7) is 2.06. The van der Waals surface area contributed by atoms with Crippen molar-refractivity contribution in [3.05, 3.63) is 35.9 Å². The molecule has 0 bridgehead atoms. The highest BCUT2D eigenvalue weighted by Crippen LogP contribution is 2.16. The smallest absolute Gasteiger partial charge is 0.120 e. The second-order valence-electron chi connectivity index (χ2n) is 2.71. The van der Waals surface area contributed by atoms with E-state index in [1.54, 1.807) is 0 Å². The molecule has 58 valence electrons. The first kappa shape index (κ1) is 7.99. The summed E-state index contributed by atoms with van der Waals surface area (Å²) in [5, 5.41) is 0. The maximum absolute atomic E-state index is 10.2. The number of carbonyl (C=O) groups is 1. The van der Waals surface area contributed by atoms with Gasteiger partial charge in [-0.05, 0) is 11.5 Å². The van der Waals surface area contributed by atoms with E-state index in [4.69, 9.17) is 0 Å². The molecule has 0 aliphatic heterocycles. The van der Waals surface area contributed by atoms with Gasteiger partial charge in [-0.15, -0.1) is 0 Å². The zero-order valence-electron chi connectivity index (χ0n) is 6.66. The van der Waals surface area contributed by atoms with Crippen LogP contribution in [0.25, 0.3) is 0 Å². The SMILES string of the molecule is C[C@@H](CC=O)c1ccccc1. The van der Waals surface area contributed by atoms with Gasteiger partial charge in [-0.3, -0.25) is 0 Å². The van der Waals surface area contributed by atoms with Crippen LogP contribution in [-0.2, 0) is 4.79 Å². The van der Waals surface area contributed by atoms with E-state index in [-0.39, 0.29) is 0 Å². The predicted octanol–water partition coefficient (Wildman–Crippen LogP) is 2.38. The van der Waals surface area contributed by atoms with Gasteiger partial charge < -0.3 is 4.79 Å². The fraction of sp³-hybridized carbons (Fsp3) is 0.300. The van der Waals surface area contributed by atoms with Crippen molar-refractivity contribution in [1.82, 2.24) is 0 Å². The summed E-state index contributed by atoms with van der Waals surface area (Å²) in [6, 6.07) is 10.1. The van der Waals surface area contributed by atoms with Crippen LogP contribution in [0.1, 0.15) is 24.8 Å².